The van der Waals surface area contributed by atoms with Gasteiger partial charge < -0.3 is 10.1 Å². The van der Waals surface area contributed by atoms with E-state index < -0.39 is 35.2 Å². The summed E-state index contributed by atoms with van der Waals surface area (Å²) >= 11 is 3.85. The van der Waals surface area contributed by atoms with Crippen molar-refractivity contribution in [1.29, 1.82) is 0 Å². The minimum Gasteiger partial charge on any atom is -0.404 e. The van der Waals surface area contributed by atoms with Crippen LogP contribution in [-0.2, 0) is 14.4 Å². The van der Waals surface area contributed by atoms with E-state index in [9.17, 15) is 35.9 Å². The van der Waals surface area contributed by atoms with E-state index >= 15 is 0 Å². The summed E-state index contributed by atoms with van der Waals surface area (Å²) in [5.41, 5.74) is 0.0236. The summed E-state index contributed by atoms with van der Waals surface area (Å²) in [7, 11) is 0.889. The van der Waals surface area contributed by atoms with Crippen molar-refractivity contribution in [2.24, 2.45) is 0 Å². The number of carbonyl (C=O) groups excluding carboxylic acids is 2. The second kappa shape index (κ2) is 15.0. The second-order valence-electron chi connectivity index (χ2n) is 6.14. The standard InChI is InChI=1S/2C9H7F3INO2.CH3NO2/c1-6(15)14(16-9(10,11)12)8-4-2-7(13)3-5-8;1-5(15)14-7-3-2-6(13)4-8(7)16-9(10,11)12;1-2(3)4/h2-5H,1H3;2-4H,1H3,(H,14,15);1H3. The van der Waals surface area contributed by atoms with Gasteiger partial charge in [0, 0.05) is 25.9 Å². The monoisotopic (exact) mass is 751 g/mol. The van der Waals surface area contributed by atoms with Crippen molar-refractivity contribution in [3.63, 3.8) is 0 Å². The van der Waals surface area contributed by atoms with E-state index in [0.717, 1.165) is 17.5 Å². The van der Waals surface area contributed by atoms with Gasteiger partial charge in [-0.3, -0.25) is 19.7 Å². The Labute approximate surface area is 227 Å². The lowest BCUT2D eigenvalue weighted by atomic mass is 10.3. The third kappa shape index (κ3) is 16.3. The van der Waals surface area contributed by atoms with Crippen LogP contribution in [0.15, 0.2) is 42.5 Å². The van der Waals surface area contributed by atoms with Gasteiger partial charge in [0.1, 0.15) is 0 Å². The van der Waals surface area contributed by atoms with Gasteiger partial charge in [0.25, 0.3) is 0 Å². The largest absolute Gasteiger partial charge is 0.573 e. The molecule has 0 aliphatic heterocycles. The van der Waals surface area contributed by atoms with E-state index in [1.807, 2.05) is 45.2 Å². The van der Waals surface area contributed by atoms with Crippen LogP contribution in [0.4, 0.5) is 37.7 Å². The predicted octanol–water partition coefficient (Wildman–Crippen LogP) is 6.14. The summed E-state index contributed by atoms with van der Waals surface area (Å²) in [6.07, 6.45) is -9.67. The Morgan fingerprint density at radius 2 is 1.42 bits per heavy atom. The van der Waals surface area contributed by atoms with Crippen LogP contribution in [0.3, 0.4) is 0 Å². The molecule has 17 heteroatoms. The topological polar surface area (TPSA) is 111 Å². The normalized spacial score (nSPS) is 10.6. The number of alkyl halides is 6. The maximum Gasteiger partial charge on any atom is 0.573 e. The number of nitrogens with zero attached hydrogens (tertiary/aromatic N) is 2. The van der Waals surface area contributed by atoms with Gasteiger partial charge in [-0.25, -0.2) is 0 Å². The van der Waals surface area contributed by atoms with E-state index in [2.05, 4.69) is 14.9 Å². The minimum atomic E-state index is -4.89. The Morgan fingerprint density at radius 1 is 0.944 bits per heavy atom. The Kier molecular flexibility index (Phi) is 14.0. The quantitative estimate of drug-likeness (QED) is 0.174. The van der Waals surface area contributed by atoms with Crippen molar-refractivity contribution in [1.82, 2.24) is 0 Å². The van der Waals surface area contributed by atoms with Crippen LogP contribution >= 0.6 is 45.2 Å². The summed E-state index contributed by atoms with van der Waals surface area (Å²) in [5.74, 6) is -1.73. The van der Waals surface area contributed by atoms with Gasteiger partial charge in [0.15, 0.2) is 12.8 Å². The highest BCUT2D eigenvalue weighted by molar-refractivity contribution is 14.1. The first-order valence-corrected chi connectivity index (χ1v) is 11.2. The van der Waals surface area contributed by atoms with Gasteiger partial charge in [-0.05, 0) is 87.6 Å². The van der Waals surface area contributed by atoms with Gasteiger partial charge in [-0.15, -0.1) is 26.3 Å². The molecule has 0 aliphatic rings. The Balaban J connectivity index is 0.000000593. The summed E-state index contributed by atoms with van der Waals surface area (Å²) in [4.78, 5) is 33.7. The number of nitrogens with one attached hydrogen (secondary N) is 1. The van der Waals surface area contributed by atoms with E-state index in [-0.39, 0.29) is 16.4 Å². The van der Waals surface area contributed by atoms with Crippen molar-refractivity contribution in [2.45, 2.75) is 26.6 Å². The smallest absolute Gasteiger partial charge is 0.404 e. The average molecular weight is 751 g/mol. The highest BCUT2D eigenvalue weighted by Gasteiger charge is 2.35. The maximum absolute atomic E-state index is 12.1. The summed E-state index contributed by atoms with van der Waals surface area (Å²) < 4.78 is 77.4. The fraction of sp³-hybridized carbons (Fsp3) is 0.263. The molecule has 0 saturated carbocycles. The van der Waals surface area contributed by atoms with Crippen molar-refractivity contribution in [3.8, 4) is 5.75 Å². The molecule has 9 nitrogen and oxygen atoms in total. The molecule has 0 heterocycles. The van der Waals surface area contributed by atoms with Gasteiger partial charge in [0.05, 0.1) is 11.4 Å². The number of anilines is 2. The van der Waals surface area contributed by atoms with E-state index in [0.29, 0.717) is 3.57 Å². The molecule has 0 spiro atoms. The van der Waals surface area contributed by atoms with Crippen molar-refractivity contribution in [3.05, 3.63) is 59.7 Å². The van der Waals surface area contributed by atoms with Crippen molar-refractivity contribution < 1.29 is 50.4 Å². The van der Waals surface area contributed by atoms with Crippen LogP contribution in [-0.4, -0.2) is 36.5 Å². The Bertz CT molecular complexity index is 1030. The summed E-state index contributed by atoms with van der Waals surface area (Å²) in [5, 5.41) is 11.3. The molecule has 36 heavy (non-hydrogen) atoms. The molecule has 2 amide bonds. The molecule has 0 aliphatic carbocycles. The summed E-state index contributed by atoms with van der Waals surface area (Å²) in [6.45, 7) is 2.19. The van der Waals surface area contributed by atoms with E-state index in [1.165, 1.54) is 31.2 Å². The zero-order valence-electron chi connectivity index (χ0n) is 18.4. The highest BCUT2D eigenvalue weighted by Crippen LogP contribution is 2.31. The number of hydroxylamine groups is 1. The van der Waals surface area contributed by atoms with E-state index in [1.54, 1.807) is 18.2 Å². The molecular weight excluding hydrogens is 734 g/mol. The molecular formula is C19H17F6I2N3O6. The second-order valence-corrected chi connectivity index (χ2v) is 8.63. The first kappa shape index (κ1) is 33.6. The van der Waals surface area contributed by atoms with Crippen LogP contribution in [0.2, 0.25) is 0 Å². The number of amides is 2. The first-order chi connectivity index (χ1) is 16.3. The maximum atomic E-state index is 12.1. The van der Waals surface area contributed by atoms with E-state index in [4.69, 9.17) is 10.1 Å². The molecule has 2 aromatic carbocycles. The minimum absolute atomic E-state index is 0.00904. The zero-order valence-corrected chi connectivity index (χ0v) is 22.7. The van der Waals surface area contributed by atoms with Crippen LogP contribution in [0.1, 0.15) is 13.8 Å². The molecule has 2 rings (SSSR count). The number of hydrogen-bond acceptors (Lipinski definition) is 6. The third-order valence-electron chi connectivity index (χ3n) is 3.02. The third-order valence-corrected chi connectivity index (χ3v) is 4.41. The number of carbonyl (C=O) groups is 2. The van der Waals surface area contributed by atoms with Crippen molar-refractivity contribution in [2.75, 3.05) is 17.4 Å². The van der Waals surface area contributed by atoms with Crippen LogP contribution in [0, 0.1) is 17.3 Å². The molecule has 200 valence electrons. The first-order valence-electron chi connectivity index (χ1n) is 9.03. The molecule has 0 aromatic heterocycles. The molecule has 0 fully saturated rings. The number of hydrogen-bond donors (Lipinski definition) is 1. The fourth-order valence-electron chi connectivity index (χ4n) is 1.98. The van der Waals surface area contributed by atoms with Crippen molar-refractivity contribution >= 4 is 68.4 Å². The van der Waals surface area contributed by atoms with Crippen LogP contribution < -0.4 is 15.1 Å². The Morgan fingerprint density at radius 3 is 1.81 bits per heavy atom. The Hall–Kier alpha value is -2.42. The van der Waals surface area contributed by atoms with Gasteiger partial charge in [-0.1, -0.05) is 0 Å². The number of benzene rings is 2. The van der Waals surface area contributed by atoms with Crippen LogP contribution in [0.25, 0.3) is 0 Å². The number of nitro groups is 1. The lowest BCUT2D eigenvalue weighted by Gasteiger charge is -2.21. The van der Waals surface area contributed by atoms with Crippen LogP contribution in [0.5, 0.6) is 5.75 Å². The van der Waals surface area contributed by atoms with Gasteiger partial charge in [0.2, 0.25) is 11.8 Å². The predicted molar refractivity (Wildman–Crippen MR) is 133 cm³/mol. The number of ether oxygens (including phenoxy) is 1. The molecule has 0 atom stereocenters. The molecule has 1 N–H and O–H groups in total. The fourth-order valence-corrected chi connectivity index (χ4v) is 2.80. The highest BCUT2D eigenvalue weighted by atomic mass is 127. The average Bonchev–Trinajstić information content (AvgIpc) is 2.67. The zero-order chi connectivity index (χ0) is 28.3. The lowest BCUT2D eigenvalue weighted by molar-refractivity contribution is -0.445. The number of halogens is 8. The SMILES string of the molecule is CC(=O)N(OC(F)(F)F)c1ccc(I)cc1.CC(=O)Nc1ccc(I)cc1OC(F)(F)F.C[N+](=O)[O-]. The molecule has 2 aromatic rings. The number of rotatable bonds is 4. The molecule has 0 saturated heterocycles. The summed E-state index contributed by atoms with van der Waals surface area (Å²) in [6, 6.07) is 10.00. The molecule has 0 unspecified atom stereocenters. The van der Waals surface area contributed by atoms with Gasteiger partial charge in [-0.2, -0.15) is 9.90 Å². The molecule has 0 bridgehead atoms. The lowest BCUT2D eigenvalue weighted by Crippen LogP contribution is -2.35. The molecule has 0 radical (unpaired) electrons. The van der Waals surface area contributed by atoms with Gasteiger partial charge >= 0.3 is 12.7 Å².